The largest absolute Gasteiger partial charge is 0.416 e. The molecule has 1 fully saturated rings. The Kier molecular flexibility index (Phi) is 4.40. The van der Waals surface area contributed by atoms with Crippen LogP contribution in [0.15, 0.2) is 42.6 Å². The Morgan fingerprint density at radius 1 is 1.21 bits per heavy atom. The average Bonchev–Trinajstić information content (AvgIpc) is 2.61. The fourth-order valence-corrected chi connectivity index (χ4v) is 2.67. The molecule has 0 radical (unpaired) electrons. The van der Waals surface area contributed by atoms with Crippen molar-refractivity contribution in [1.82, 2.24) is 4.98 Å². The Morgan fingerprint density at radius 3 is 2.62 bits per heavy atom. The van der Waals surface area contributed by atoms with Gasteiger partial charge in [0.25, 0.3) is 0 Å². The van der Waals surface area contributed by atoms with Crippen molar-refractivity contribution < 1.29 is 17.9 Å². The van der Waals surface area contributed by atoms with Gasteiger partial charge in [-0.15, -0.1) is 0 Å². The molecule has 0 bridgehead atoms. The van der Waals surface area contributed by atoms with E-state index in [1.165, 1.54) is 12.1 Å². The van der Waals surface area contributed by atoms with Gasteiger partial charge in [0, 0.05) is 19.3 Å². The number of anilines is 1. The average molecular weight is 333 g/mol. The molecule has 3 rings (SSSR count). The zero-order valence-corrected chi connectivity index (χ0v) is 12.6. The van der Waals surface area contributed by atoms with E-state index in [9.17, 15) is 18.4 Å². The standard InChI is InChI=1S/C17H14F3N3O/c18-17(19,20)14-5-3-12(4-6-14)15-11-23(8-9-24-15)16-13(10-21)2-1-7-22-16/h1-7,15H,8-9,11H2. The van der Waals surface area contributed by atoms with Gasteiger partial charge < -0.3 is 9.64 Å². The van der Waals surface area contributed by atoms with Gasteiger partial charge in [0.05, 0.1) is 17.7 Å². The van der Waals surface area contributed by atoms with Crippen LogP contribution < -0.4 is 4.90 Å². The van der Waals surface area contributed by atoms with Gasteiger partial charge in [0.15, 0.2) is 0 Å². The van der Waals surface area contributed by atoms with Crippen molar-refractivity contribution in [2.75, 3.05) is 24.6 Å². The molecule has 0 N–H and O–H groups in total. The molecule has 1 saturated heterocycles. The summed E-state index contributed by atoms with van der Waals surface area (Å²) < 4.78 is 43.6. The molecule has 2 heterocycles. The quantitative estimate of drug-likeness (QED) is 0.843. The maximum atomic E-state index is 12.7. The van der Waals surface area contributed by atoms with Crippen LogP contribution in [0.25, 0.3) is 0 Å². The normalized spacial score (nSPS) is 18.2. The van der Waals surface area contributed by atoms with E-state index >= 15 is 0 Å². The smallest absolute Gasteiger partial charge is 0.370 e. The van der Waals surface area contributed by atoms with Crippen molar-refractivity contribution >= 4 is 5.82 Å². The molecular formula is C17H14F3N3O. The lowest BCUT2D eigenvalue weighted by Crippen LogP contribution is -2.39. The highest BCUT2D eigenvalue weighted by molar-refractivity contribution is 5.54. The van der Waals surface area contributed by atoms with Gasteiger partial charge >= 0.3 is 6.18 Å². The van der Waals surface area contributed by atoms with Gasteiger partial charge in [-0.3, -0.25) is 0 Å². The molecule has 24 heavy (non-hydrogen) atoms. The minimum Gasteiger partial charge on any atom is -0.370 e. The van der Waals surface area contributed by atoms with Gasteiger partial charge in [0.1, 0.15) is 18.0 Å². The van der Waals surface area contributed by atoms with E-state index in [0.29, 0.717) is 36.6 Å². The number of rotatable bonds is 2. The minimum absolute atomic E-state index is 0.366. The summed E-state index contributed by atoms with van der Waals surface area (Å²) in [7, 11) is 0. The molecule has 4 nitrogen and oxygen atoms in total. The predicted octanol–water partition coefficient (Wildman–Crippen LogP) is 3.55. The Balaban J connectivity index is 1.80. The van der Waals surface area contributed by atoms with Crippen LogP contribution >= 0.6 is 0 Å². The SMILES string of the molecule is N#Cc1cccnc1N1CCOC(c2ccc(C(F)(F)F)cc2)C1. The summed E-state index contributed by atoms with van der Waals surface area (Å²) in [5.74, 6) is 0.570. The molecule has 1 aliphatic heterocycles. The fraction of sp³-hybridized carbons (Fsp3) is 0.294. The topological polar surface area (TPSA) is 49.2 Å². The highest BCUT2D eigenvalue weighted by Crippen LogP contribution is 2.32. The number of nitriles is 1. The molecule has 0 spiro atoms. The van der Waals surface area contributed by atoms with E-state index in [1.54, 1.807) is 18.3 Å². The third-order valence-corrected chi connectivity index (χ3v) is 3.88. The summed E-state index contributed by atoms with van der Waals surface area (Å²) in [6.45, 7) is 1.41. The maximum Gasteiger partial charge on any atom is 0.416 e. The Hall–Kier alpha value is -2.59. The molecule has 1 aromatic heterocycles. The Bertz CT molecular complexity index is 753. The van der Waals surface area contributed by atoms with E-state index in [2.05, 4.69) is 11.1 Å². The molecule has 1 aromatic carbocycles. The van der Waals surface area contributed by atoms with E-state index < -0.39 is 11.7 Å². The Labute approximate surface area is 137 Å². The molecule has 1 aliphatic rings. The molecule has 0 saturated carbocycles. The highest BCUT2D eigenvalue weighted by atomic mass is 19.4. The van der Waals surface area contributed by atoms with Crippen LogP contribution in [0.1, 0.15) is 22.8 Å². The van der Waals surface area contributed by atoms with E-state index in [1.807, 2.05) is 4.90 Å². The van der Waals surface area contributed by atoms with Gasteiger partial charge in [0.2, 0.25) is 0 Å². The molecule has 0 aliphatic carbocycles. The molecule has 2 aromatic rings. The van der Waals surface area contributed by atoms with E-state index in [-0.39, 0.29) is 6.10 Å². The number of aromatic nitrogens is 1. The van der Waals surface area contributed by atoms with Gasteiger partial charge in [-0.2, -0.15) is 18.4 Å². The highest BCUT2D eigenvalue weighted by Gasteiger charge is 2.31. The lowest BCUT2D eigenvalue weighted by molar-refractivity contribution is -0.137. The van der Waals surface area contributed by atoms with Crippen LogP contribution in [0, 0.1) is 11.3 Å². The number of morpholine rings is 1. The number of halogens is 3. The first-order chi connectivity index (χ1) is 11.5. The minimum atomic E-state index is -4.35. The number of nitrogens with zero attached hydrogens (tertiary/aromatic N) is 3. The molecular weight excluding hydrogens is 319 g/mol. The number of alkyl halides is 3. The first kappa shape index (κ1) is 16.3. The number of hydrogen-bond acceptors (Lipinski definition) is 4. The van der Waals surface area contributed by atoms with Gasteiger partial charge in [-0.1, -0.05) is 12.1 Å². The first-order valence-electron chi connectivity index (χ1n) is 7.38. The number of hydrogen-bond donors (Lipinski definition) is 0. The monoisotopic (exact) mass is 333 g/mol. The van der Waals surface area contributed by atoms with Crippen LogP contribution in [-0.4, -0.2) is 24.7 Å². The number of benzene rings is 1. The molecule has 124 valence electrons. The second-order valence-corrected chi connectivity index (χ2v) is 5.41. The summed E-state index contributed by atoms with van der Waals surface area (Å²) in [5, 5.41) is 9.18. The van der Waals surface area contributed by atoms with Crippen molar-refractivity contribution in [3.8, 4) is 6.07 Å². The van der Waals surface area contributed by atoms with Crippen LogP contribution in [0.5, 0.6) is 0 Å². The first-order valence-corrected chi connectivity index (χ1v) is 7.38. The van der Waals surface area contributed by atoms with Crippen LogP contribution in [0.4, 0.5) is 19.0 Å². The lowest BCUT2D eigenvalue weighted by Gasteiger charge is -2.34. The zero-order chi connectivity index (χ0) is 17.2. The lowest BCUT2D eigenvalue weighted by atomic mass is 10.0. The zero-order valence-electron chi connectivity index (χ0n) is 12.6. The van der Waals surface area contributed by atoms with Crippen molar-refractivity contribution in [3.63, 3.8) is 0 Å². The third kappa shape index (κ3) is 3.34. The van der Waals surface area contributed by atoms with Gasteiger partial charge in [-0.05, 0) is 29.8 Å². The fourth-order valence-electron chi connectivity index (χ4n) is 2.67. The second-order valence-electron chi connectivity index (χ2n) is 5.41. The second kappa shape index (κ2) is 6.49. The van der Waals surface area contributed by atoms with E-state index in [0.717, 1.165) is 12.1 Å². The van der Waals surface area contributed by atoms with Crippen molar-refractivity contribution in [2.45, 2.75) is 12.3 Å². The molecule has 1 unspecified atom stereocenters. The third-order valence-electron chi connectivity index (χ3n) is 3.88. The summed E-state index contributed by atoms with van der Waals surface area (Å²) >= 11 is 0. The van der Waals surface area contributed by atoms with Gasteiger partial charge in [-0.25, -0.2) is 4.98 Å². The van der Waals surface area contributed by atoms with E-state index in [4.69, 9.17) is 4.74 Å². The van der Waals surface area contributed by atoms with Crippen LogP contribution in [0.3, 0.4) is 0 Å². The molecule has 7 heteroatoms. The molecule has 0 amide bonds. The summed E-state index contributed by atoms with van der Waals surface area (Å²) in [6.07, 6.45) is -3.11. The number of pyridine rings is 1. The predicted molar refractivity (Wildman–Crippen MR) is 81.3 cm³/mol. The molecule has 1 atom stereocenters. The van der Waals surface area contributed by atoms with Crippen molar-refractivity contribution in [1.29, 1.82) is 5.26 Å². The summed E-state index contributed by atoms with van der Waals surface area (Å²) in [6, 6.07) is 10.4. The number of ether oxygens (including phenoxy) is 1. The van der Waals surface area contributed by atoms with Crippen LogP contribution in [-0.2, 0) is 10.9 Å². The van der Waals surface area contributed by atoms with Crippen molar-refractivity contribution in [2.24, 2.45) is 0 Å². The maximum absolute atomic E-state index is 12.7. The summed E-state index contributed by atoms with van der Waals surface area (Å²) in [4.78, 5) is 6.17. The Morgan fingerprint density at radius 2 is 1.96 bits per heavy atom. The van der Waals surface area contributed by atoms with Crippen molar-refractivity contribution in [3.05, 3.63) is 59.3 Å². The summed E-state index contributed by atoms with van der Waals surface area (Å²) in [5.41, 5.74) is 0.447. The van der Waals surface area contributed by atoms with Crippen LogP contribution in [0.2, 0.25) is 0 Å².